The van der Waals surface area contributed by atoms with Gasteiger partial charge in [0.15, 0.2) is 5.65 Å². The fourth-order valence-electron chi connectivity index (χ4n) is 5.67. The van der Waals surface area contributed by atoms with Crippen molar-refractivity contribution in [2.75, 3.05) is 32.7 Å². The molecule has 0 N–H and O–H groups in total. The molecule has 2 aromatic carbocycles. The van der Waals surface area contributed by atoms with Crippen molar-refractivity contribution < 1.29 is 18.3 Å². The summed E-state index contributed by atoms with van der Waals surface area (Å²) in [6.07, 6.45) is 6.04. The maximum Gasteiger partial charge on any atom is 0.410 e. The van der Waals surface area contributed by atoms with Crippen LogP contribution in [0.4, 0.5) is 13.6 Å². The molecule has 0 radical (unpaired) electrons. The van der Waals surface area contributed by atoms with Crippen LogP contribution in [-0.4, -0.2) is 74.0 Å². The van der Waals surface area contributed by atoms with E-state index >= 15 is 0 Å². The average molecular weight is 611 g/mol. The first-order valence-electron chi connectivity index (χ1n) is 15.2. The van der Waals surface area contributed by atoms with Crippen LogP contribution < -0.4 is 0 Å². The van der Waals surface area contributed by atoms with Crippen LogP contribution in [0, 0.1) is 11.6 Å². The summed E-state index contributed by atoms with van der Waals surface area (Å²) in [6, 6.07) is 16.5. The van der Waals surface area contributed by atoms with E-state index in [4.69, 9.17) is 14.8 Å². The molecule has 1 aliphatic heterocycles. The molecule has 0 spiro atoms. The largest absolute Gasteiger partial charge is 0.444 e. The molecule has 6 rings (SSSR count). The number of fused-ring (bicyclic) bond motifs is 1. The summed E-state index contributed by atoms with van der Waals surface area (Å²) in [5, 5.41) is 5.70. The number of carbonyl (C=O) groups is 1. The van der Waals surface area contributed by atoms with E-state index in [0.29, 0.717) is 31.0 Å². The van der Waals surface area contributed by atoms with E-state index in [9.17, 15) is 13.6 Å². The summed E-state index contributed by atoms with van der Waals surface area (Å²) >= 11 is 0. The molecular formula is C35H36F2N6O2. The zero-order valence-corrected chi connectivity index (χ0v) is 25.7. The highest BCUT2D eigenvalue weighted by atomic mass is 19.1. The Balaban J connectivity index is 1.29. The Bertz CT molecular complexity index is 1780. The Morgan fingerprint density at radius 1 is 0.800 bits per heavy atom. The Morgan fingerprint density at radius 3 is 2.02 bits per heavy atom. The van der Waals surface area contributed by atoms with Crippen LogP contribution in [0.3, 0.4) is 0 Å². The normalized spacial score (nSPS) is 14.2. The minimum Gasteiger partial charge on any atom is -0.444 e. The minimum atomic E-state index is -0.508. The third kappa shape index (κ3) is 7.01. The van der Waals surface area contributed by atoms with E-state index in [2.05, 4.69) is 9.88 Å². The van der Waals surface area contributed by atoms with Crippen molar-refractivity contribution in [3.8, 4) is 33.5 Å². The van der Waals surface area contributed by atoms with Gasteiger partial charge >= 0.3 is 6.09 Å². The molecule has 0 bridgehead atoms. The van der Waals surface area contributed by atoms with Gasteiger partial charge in [-0.2, -0.15) is 5.10 Å². The third-order valence-electron chi connectivity index (χ3n) is 7.82. The fourth-order valence-corrected chi connectivity index (χ4v) is 5.67. The first-order valence-corrected chi connectivity index (χ1v) is 15.2. The highest BCUT2D eigenvalue weighted by molar-refractivity contribution is 6.05. The lowest BCUT2D eigenvalue weighted by atomic mass is 9.90. The van der Waals surface area contributed by atoms with Crippen molar-refractivity contribution in [3.05, 3.63) is 90.9 Å². The molecule has 0 saturated carbocycles. The van der Waals surface area contributed by atoms with Crippen molar-refractivity contribution in [1.82, 2.24) is 29.5 Å². The number of rotatable bonds is 7. The summed E-state index contributed by atoms with van der Waals surface area (Å²) in [6.45, 7) is 10.00. The second-order valence-corrected chi connectivity index (χ2v) is 12.3. The molecule has 0 aliphatic carbocycles. The molecular weight excluding hydrogens is 574 g/mol. The molecule has 4 heterocycles. The fraction of sp³-hybridized carbons (Fsp3) is 0.314. The van der Waals surface area contributed by atoms with E-state index < -0.39 is 5.60 Å². The quantitative estimate of drug-likeness (QED) is 0.197. The van der Waals surface area contributed by atoms with Gasteiger partial charge in [-0.3, -0.25) is 14.6 Å². The highest BCUT2D eigenvalue weighted by Crippen LogP contribution is 2.43. The number of aromatic nitrogens is 4. The Hall–Kier alpha value is -4.70. The summed E-state index contributed by atoms with van der Waals surface area (Å²) in [5.74, 6) is -0.657. The SMILES string of the molecule is CC(C)(C)OC(=O)N1CCN(CCCn2cc3c(-c4ccc(F)cc4)c(-c4ccncc4)c(-c4ccc(F)cc4)nc3n2)CC1. The monoisotopic (exact) mass is 610 g/mol. The first kappa shape index (κ1) is 30.3. The number of hydrogen-bond donors (Lipinski definition) is 0. The van der Waals surface area contributed by atoms with Gasteiger partial charge in [0.25, 0.3) is 0 Å². The molecule has 3 aromatic heterocycles. The van der Waals surface area contributed by atoms with Gasteiger partial charge in [0, 0.05) is 79.9 Å². The summed E-state index contributed by atoms with van der Waals surface area (Å²) < 4.78 is 35.4. The number of piperazine rings is 1. The van der Waals surface area contributed by atoms with E-state index in [1.165, 1.54) is 24.3 Å². The van der Waals surface area contributed by atoms with E-state index in [-0.39, 0.29) is 17.7 Å². The molecule has 45 heavy (non-hydrogen) atoms. The van der Waals surface area contributed by atoms with Gasteiger partial charge < -0.3 is 9.64 Å². The lowest BCUT2D eigenvalue weighted by Gasteiger charge is -2.35. The van der Waals surface area contributed by atoms with Crippen LogP contribution in [0.15, 0.2) is 79.3 Å². The smallest absolute Gasteiger partial charge is 0.410 e. The molecule has 8 nitrogen and oxygen atoms in total. The molecule has 1 fully saturated rings. The predicted molar refractivity (Wildman–Crippen MR) is 170 cm³/mol. The molecule has 0 atom stereocenters. The number of nitrogens with zero attached hydrogens (tertiary/aromatic N) is 6. The molecule has 1 aliphatic rings. The van der Waals surface area contributed by atoms with Gasteiger partial charge in [0.05, 0.1) is 5.69 Å². The lowest BCUT2D eigenvalue weighted by molar-refractivity contribution is 0.0143. The van der Waals surface area contributed by atoms with Crippen molar-refractivity contribution in [2.24, 2.45) is 0 Å². The van der Waals surface area contributed by atoms with Gasteiger partial charge in [-0.25, -0.2) is 18.6 Å². The van der Waals surface area contributed by atoms with Gasteiger partial charge in [-0.1, -0.05) is 12.1 Å². The second kappa shape index (κ2) is 12.7. The topological polar surface area (TPSA) is 76.4 Å². The van der Waals surface area contributed by atoms with Crippen LogP contribution in [0.1, 0.15) is 27.2 Å². The molecule has 1 amide bonds. The maximum absolute atomic E-state index is 14.0. The van der Waals surface area contributed by atoms with Gasteiger partial charge in [0.2, 0.25) is 0 Å². The van der Waals surface area contributed by atoms with Crippen LogP contribution in [0.25, 0.3) is 44.5 Å². The first-order chi connectivity index (χ1) is 21.6. The number of halogens is 2. The number of benzene rings is 2. The summed E-state index contributed by atoms with van der Waals surface area (Å²) in [7, 11) is 0. The number of aryl methyl sites for hydroxylation is 1. The van der Waals surface area contributed by atoms with Crippen LogP contribution in [-0.2, 0) is 11.3 Å². The lowest BCUT2D eigenvalue weighted by Crippen LogP contribution is -2.50. The van der Waals surface area contributed by atoms with Gasteiger partial charge in [-0.15, -0.1) is 0 Å². The number of carbonyl (C=O) groups excluding carboxylic acids is 1. The zero-order valence-electron chi connectivity index (χ0n) is 25.7. The van der Waals surface area contributed by atoms with Crippen molar-refractivity contribution in [1.29, 1.82) is 0 Å². The van der Waals surface area contributed by atoms with Crippen LogP contribution in [0.5, 0.6) is 0 Å². The number of amides is 1. The molecule has 0 unspecified atom stereocenters. The Labute approximate surface area is 261 Å². The van der Waals surface area contributed by atoms with Crippen LogP contribution >= 0.6 is 0 Å². The standard InChI is InChI=1S/C35H36F2N6O2/c1-35(2,3)45-34(44)42-21-19-41(20-22-42)17-4-18-43-23-29-30(24-5-9-27(36)10-6-24)31(25-13-15-38-16-14-25)32(39-33(29)40-43)26-7-11-28(37)12-8-26/h5-16,23H,4,17-22H2,1-3H3. The van der Waals surface area contributed by atoms with E-state index in [1.54, 1.807) is 41.6 Å². The van der Waals surface area contributed by atoms with Crippen molar-refractivity contribution in [2.45, 2.75) is 39.3 Å². The number of hydrogen-bond acceptors (Lipinski definition) is 6. The summed E-state index contributed by atoms with van der Waals surface area (Å²) in [5.41, 5.74) is 4.86. The van der Waals surface area contributed by atoms with Crippen LogP contribution in [0.2, 0.25) is 0 Å². The number of ether oxygens (including phenoxy) is 1. The minimum absolute atomic E-state index is 0.263. The summed E-state index contributed by atoms with van der Waals surface area (Å²) in [4.78, 5) is 25.8. The molecule has 1 saturated heterocycles. The maximum atomic E-state index is 14.0. The second-order valence-electron chi connectivity index (χ2n) is 12.3. The van der Waals surface area contributed by atoms with E-state index in [0.717, 1.165) is 59.3 Å². The molecule has 232 valence electrons. The van der Waals surface area contributed by atoms with E-state index in [1.807, 2.05) is 43.8 Å². The molecule has 10 heteroatoms. The van der Waals surface area contributed by atoms with Gasteiger partial charge in [-0.05, 0) is 86.8 Å². The Morgan fingerprint density at radius 2 is 1.40 bits per heavy atom. The average Bonchev–Trinajstić information content (AvgIpc) is 3.43. The third-order valence-corrected chi connectivity index (χ3v) is 7.82. The van der Waals surface area contributed by atoms with Crippen molar-refractivity contribution in [3.63, 3.8) is 0 Å². The number of pyridine rings is 2. The highest BCUT2D eigenvalue weighted by Gasteiger charge is 2.26. The zero-order chi connectivity index (χ0) is 31.6. The van der Waals surface area contributed by atoms with Gasteiger partial charge in [0.1, 0.15) is 17.2 Å². The molecule has 5 aromatic rings. The Kier molecular flexibility index (Phi) is 8.58. The predicted octanol–water partition coefficient (Wildman–Crippen LogP) is 7.05. The van der Waals surface area contributed by atoms with Crippen molar-refractivity contribution >= 4 is 17.1 Å².